The van der Waals surface area contributed by atoms with Gasteiger partial charge in [0, 0.05) is 36.8 Å². The molecule has 0 unspecified atom stereocenters. The van der Waals surface area contributed by atoms with Crippen LogP contribution in [0.2, 0.25) is 0 Å². The summed E-state index contributed by atoms with van der Waals surface area (Å²) in [4.78, 5) is 6.94. The van der Waals surface area contributed by atoms with Crippen LogP contribution in [-0.4, -0.2) is 48.8 Å². The molecule has 1 aliphatic heterocycles. The Balaban J connectivity index is 1.96. The van der Waals surface area contributed by atoms with Crippen LogP contribution in [0.25, 0.3) is 0 Å². The molecule has 106 valence electrons. The van der Waals surface area contributed by atoms with Gasteiger partial charge in [-0.05, 0) is 22.0 Å². The molecule has 0 N–H and O–H groups in total. The van der Waals surface area contributed by atoms with Gasteiger partial charge in [0.05, 0.1) is 6.54 Å². The molecule has 8 heteroatoms. The van der Waals surface area contributed by atoms with Crippen molar-refractivity contribution in [1.29, 1.82) is 0 Å². The maximum absolute atomic E-state index is 13.7. The van der Waals surface area contributed by atoms with Gasteiger partial charge in [-0.1, -0.05) is 0 Å². The second-order valence-corrected chi connectivity index (χ2v) is 5.25. The summed E-state index contributed by atoms with van der Waals surface area (Å²) in [5, 5.41) is 0. The summed E-state index contributed by atoms with van der Waals surface area (Å²) in [5.74, 6) is -0.284. The molecule has 1 aromatic rings. The normalized spacial score (nSPS) is 17.8. The summed E-state index contributed by atoms with van der Waals surface area (Å²) in [6.07, 6.45) is -2.72. The number of rotatable bonds is 2. The van der Waals surface area contributed by atoms with E-state index in [9.17, 15) is 17.6 Å². The largest absolute Gasteiger partial charge is 0.401 e. The first-order valence-electron chi connectivity index (χ1n) is 5.70. The Morgan fingerprint density at radius 1 is 1.21 bits per heavy atom. The Kier molecular flexibility index (Phi) is 4.29. The highest BCUT2D eigenvalue weighted by Crippen LogP contribution is 2.22. The summed E-state index contributed by atoms with van der Waals surface area (Å²) >= 11 is 3.11. The minimum atomic E-state index is -4.19. The van der Waals surface area contributed by atoms with Crippen LogP contribution in [0, 0.1) is 5.82 Å². The summed E-state index contributed by atoms with van der Waals surface area (Å²) in [6.45, 7) is 0.244. The number of piperazine rings is 1. The van der Waals surface area contributed by atoms with E-state index < -0.39 is 18.5 Å². The van der Waals surface area contributed by atoms with Crippen molar-refractivity contribution >= 4 is 21.7 Å². The van der Waals surface area contributed by atoms with Gasteiger partial charge in [0.25, 0.3) is 0 Å². The minimum Gasteiger partial charge on any atom is -0.352 e. The zero-order valence-electron chi connectivity index (χ0n) is 9.92. The maximum atomic E-state index is 13.7. The molecule has 2 rings (SSSR count). The van der Waals surface area contributed by atoms with Gasteiger partial charge < -0.3 is 4.90 Å². The third-order valence-corrected chi connectivity index (χ3v) is 3.30. The van der Waals surface area contributed by atoms with Gasteiger partial charge in [0.2, 0.25) is 0 Å². The number of nitrogens with zero attached hydrogens (tertiary/aromatic N) is 3. The standard InChI is InChI=1S/C11H12BrF4N3/c12-8-5-9(13)10(17-6-8)19-3-1-18(2-4-19)7-11(14,15)16/h5-6H,1-4,7H2. The van der Waals surface area contributed by atoms with E-state index in [1.807, 2.05) is 0 Å². The van der Waals surface area contributed by atoms with E-state index in [1.54, 1.807) is 4.90 Å². The highest BCUT2D eigenvalue weighted by atomic mass is 79.9. The number of hydrogen-bond donors (Lipinski definition) is 0. The van der Waals surface area contributed by atoms with Crippen LogP contribution < -0.4 is 4.90 Å². The molecule has 0 amide bonds. The van der Waals surface area contributed by atoms with Gasteiger partial charge in [0.1, 0.15) is 0 Å². The van der Waals surface area contributed by atoms with Crippen LogP contribution in [0.4, 0.5) is 23.4 Å². The predicted octanol–water partition coefficient (Wildman–Crippen LogP) is 2.67. The first-order valence-corrected chi connectivity index (χ1v) is 6.49. The predicted molar refractivity (Wildman–Crippen MR) is 66.6 cm³/mol. The smallest absolute Gasteiger partial charge is 0.352 e. The van der Waals surface area contributed by atoms with Crippen molar-refractivity contribution in [3.05, 3.63) is 22.6 Å². The molecule has 19 heavy (non-hydrogen) atoms. The fourth-order valence-electron chi connectivity index (χ4n) is 2.01. The van der Waals surface area contributed by atoms with Crippen molar-refractivity contribution in [2.75, 3.05) is 37.6 Å². The number of alkyl halides is 3. The first-order chi connectivity index (χ1) is 8.85. The van der Waals surface area contributed by atoms with Crippen molar-refractivity contribution < 1.29 is 17.6 Å². The molecule has 1 saturated heterocycles. The quantitative estimate of drug-likeness (QED) is 0.771. The molecule has 0 bridgehead atoms. The molecule has 1 fully saturated rings. The van der Waals surface area contributed by atoms with Crippen LogP contribution in [0.5, 0.6) is 0 Å². The topological polar surface area (TPSA) is 19.4 Å². The molecule has 0 aliphatic carbocycles. The fourth-order valence-corrected chi connectivity index (χ4v) is 2.31. The molecule has 0 radical (unpaired) electrons. The highest BCUT2D eigenvalue weighted by molar-refractivity contribution is 9.10. The van der Waals surface area contributed by atoms with E-state index >= 15 is 0 Å². The Morgan fingerprint density at radius 3 is 2.37 bits per heavy atom. The van der Waals surface area contributed by atoms with Crippen molar-refractivity contribution in [3.8, 4) is 0 Å². The molecular weight excluding hydrogens is 330 g/mol. The van der Waals surface area contributed by atoms with Gasteiger partial charge in [-0.3, -0.25) is 4.90 Å². The molecule has 3 nitrogen and oxygen atoms in total. The highest BCUT2D eigenvalue weighted by Gasteiger charge is 2.32. The first kappa shape index (κ1) is 14.5. The zero-order valence-corrected chi connectivity index (χ0v) is 11.5. The molecule has 0 atom stereocenters. The van der Waals surface area contributed by atoms with Gasteiger partial charge in [-0.2, -0.15) is 13.2 Å². The Labute approximate surface area is 116 Å². The number of pyridine rings is 1. The lowest BCUT2D eigenvalue weighted by Crippen LogP contribution is -2.49. The summed E-state index contributed by atoms with van der Waals surface area (Å²) < 4.78 is 50.9. The molecule has 1 aromatic heterocycles. The van der Waals surface area contributed by atoms with E-state index in [-0.39, 0.29) is 18.9 Å². The van der Waals surface area contributed by atoms with E-state index in [1.165, 1.54) is 17.2 Å². The summed E-state index contributed by atoms with van der Waals surface area (Å²) in [5.41, 5.74) is 0. The van der Waals surface area contributed by atoms with E-state index in [2.05, 4.69) is 20.9 Å². The third kappa shape index (κ3) is 4.04. The molecule has 0 aromatic carbocycles. The maximum Gasteiger partial charge on any atom is 0.401 e. The van der Waals surface area contributed by atoms with Crippen molar-refractivity contribution in [1.82, 2.24) is 9.88 Å². The number of hydrogen-bond acceptors (Lipinski definition) is 3. The number of aromatic nitrogens is 1. The Hall–Kier alpha value is -0.890. The molecule has 0 saturated carbocycles. The van der Waals surface area contributed by atoms with Crippen LogP contribution in [0.1, 0.15) is 0 Å². The fraction of sp³-hybridized carbons (Fsp3) is 0.545. The lowest BCUT2D eigenvalue weighted by molar-refractivity contribution is -0.146. The van der Waals surface area contributed by atoms with Gasteiger partial charge >= 0.3 is 6.18 Å². The van der Waals surface area contributed by atoms with Gasteiger partial charge in [0.15, 0.2) is 11.6 Å². The lowest BCUT2D eigenvalue weighted by Gasteiger charge is -2.35. The second-order valence-electron chi connectivity index (χ2n) is 4.34. The SMILES string of the molecule is Fc1cc(Br)cnc1N1CCN(CC(F)(F)F)CC1. The van der Waals surface area contributed by atoms with E-state index in [4.69, 9.17) is 0 Å². The summed E-state index contributed by atoms with van der Waals surface area (Å²) in [7, 11) is 0. The van der Waals surface area contributed by atoms with Gasteiger partial charge in [-0.25, -0.2) is 9.37 Å². The average molecular weight is 342 g/mol. The Morgan fingerprint density at radius 2 is 1.84 bits per heavy atom. The van der Waals surface area contributed by atoms with Crippen molar-refractivity contribution in [3.63, 3.8) is 0 Å². The van der Waals surface area contributed by atoms with Crippen LogP contribution in [-0.2, 0) is 0 Å². The van der Waals surface area contributed by atoms with E-state index in [0.717, 1.165) is 0 Å². The van der Waals surface area contributed by atoms with Crippen molar-refractivity contribution in [2.24, 2.45) is 0 Å². The molecule has 0 spiro atoms. The van der Waals surface area contributed by atoms with Crippen LogP contribution in [0.3, 0.4) is 0 Å². The zero-order chi connectivity index (χ0) is 14.0. The van der Waals surface area contributed by atoms with Crippen LogP contribution >= 0.6 is 15.9 Å². The molecule has 1 aliphatic rings. The number of halogens is 5. The second kappa shape index (κ2) is 5.62. The Bertz CT molecular complexity index is 444. The van der Waals surface area contributed by atoms with Crippen LogP contribution in [0.15, 0.2) is 16.7 Å². The third-order valence-electron chi connectivity index (χ3n) is 2.86. The minimum absolute atomic E-state index is 0.190. The number of anilines is 1. The van der Waals surface area contributed by atoms with Gasteiger partial charge in [-0.15, -0.1) is 0 Å². The monoisotopic (exact) mass is 341 g/mol. The summed E-state index contributed by atoms with van der Waals surface area (Å²) in [6, 6.07) is 1.30. The van der Waals surface area contributed by atoms with E-state index in [0.29, 0.717) is 17.6 Å². The lowest BCUT2D eigenvalue weighted by atomic mass is 10.3. The van der Waals surface area contributed by atoms with Crippen molar-refractivity contribution in [2.45, 2.75) is 6.18 Å². The average Bonchev–Trinajstić information content (AvgIpc) is 2.28. The molecule has 2 heterocycles. The molecular formula is C11H12BrF4N3.